The summed E-state index contributed by atoms with van der Waals surface area (Å²) in [7, 11) is 0. The molecule has 120 valence electrons. The first-order valence-corrected chi connectivity index (χ1v) is 7.41. The molecule has 0 aliphatic heterocycles. The van der Waals surface area contributed by atoms with Gasteiger partial charge in [-0.15, -0.1) is 0 Å². The first-order chi connectivity index (χ1) is 10.9. The van der Waals surface area contributed by atoms with E-state index < -0.39 is 11.7 Å². The lowest BCUT2D eigenvalue weighted by Gasteiger charge is -2.22. The molecule has 0 saturated heterocycles. The number of carbonyl (C=O) groups is 2. The zero-order valence-corrected chi connectivity index (χ0v) is 13.7. The van der Waals surface area contributed by atoms with Gasteiger partial charge >= 0.3 is 0 Å². The maximum absolute atomic E-state index is 13.1. The van der Waals surface area contributed by atoms with Gasteiger partial charge in [0.05, 0.1) is 10.7 Å². The number of nitrogens with zero attached hydrogens (tertiary/aromatic N) is 1. The predicted molar refractivity (Wildman–Crippen MR) is 89.5 cm³/mol. The van der Waals surface area contributed by atoms with Gasteiger partial charge in [0.25, 0.3) is 0 Å². The Kier molecular flexibility index (Phi) is 5.58. The Balaban J connectivity index is 2.18. The highest BCUT2D eigenvalue weighted by molar-refractivity contribution is 6.35. The minimum atomic E-state index is -0.484. The van der Waals surface area contributed by atoms with Crippen molar-refractivity contribution in [3.8, 4) is 0 Å². The lowest BCUT2D eigenvalue weighted by Crippen LogP contribution is -2.36. The molecule has 0 unspecified atom stereocenters. The molecule has 0 radical (unpaired) electrons. The van der Waals surface area contributed by atoms with Crippen LogP contribution in [-0.2, 0) is 9.59 Å². The Labute approximate surface area is 142 Å². The third-order valence-electron chi connectivity index (χ3n) is 2.99. The average Bonchev–Trinajstić information content (AvgIpc) is 2.47. The number of amides is 2. The van der Waals surface area contributed by atoms with E-state index in [-0.39, 0.29) is 12.5 Å². The molecule has 1 N–H and O–H groups in total. The molecule has 0 aliphatic rings. The summed E-state index contributed by atoms with van der Waals surface area (Å²) < 4.78 is 13.1. The number of hydrogen-bond donors (Lipinski definition) is 1. The molecule has 0 atom stereocenters. The van der Waals surface area contributed by atoms with Crippen LogP contribution in [0.3, 0.4) is 0 Å². The van der Waals surface area contributed by atoms with Crippen molar-refractivity contribution in [1.29, 1.82) is 0 Å². The summed E-state index contributed by atoms with van der Waals surface area (Å²) in [6.07, 6.45) is 0. The van der Waals surface area contributed by atoms with Gasteiger partial charge in [-0.3, -0.25) is 9.59 Å². The van der Waals surface area contributed by atoms with E-state index in [4.69, 9.17) is 23.2 Å². The van der Waals surface area contributed by atoms with Crippen molar-refractivity contribution in [2.45, 2.75) is 6.92 Å². The quantitative estimate of drug-likeness (QED) is 0.897. The van der Waals surface area contributed by atoms with Crippen LogP contribution in [0.4, 0.5) is 15.8 Å². The Hall–Kier alpha value is -2.11. The fourth-order valence-electron chi connectivity index (χ4n) is 1.97. The van der Waals surface area contributed by atoms with Crippen LogP contribution in [0.2, 0.25) is 10.0 Å². The van der Waals surface area contributed by atoms with Gasteiger partial charge in [0.1, 0.15) is 12.4 Å². The first kappa shape index (κ1) is 17.2. The molecule has 4 nitrogen and oxygen atoms in total. The zero-order valence-electron chi connectivity index (χ0n) is 12.1. The van der Waals surface area contributed by atoms with Crippen LogP contribution in [-0.4, -0.2) is 18.4 Å². The molecule has 0 aromatic heterocycles. The highest BCUT2D eigenvalue weighted by Crippen LogP contribution is 2.29. The van der Waals surface area contributed by atoms with Gasteiger partial charge in [0.2, 0.25) is 11.8 Å². The van der Waals surface area contributed by atoms with Gasteiger partial charge in [-0.25, -0.2) is 4.39 Å². The van der Waals surface area contributed by atoms with Crippen LogP contribution in [0, 0.1) is 5.82 Å². The molecule has 2 aromatic carbocycles. The van der Waals surface area contributed by atoms with E-state index in [0.29, 0.717) is 21.4 Å². The molecule has 0 aliphatic carbocycles. The van der Waals surface area contributed by atoms with Gasteiger partial charge in [-0.1, -0.05) is 29.3 Å². The second-order valence-corrected chi connectivity index (χ2v) is 5.60. The molecule has 0 saturated carbocycles. The van der Waals surface area contributed by atoms with E-state index in [9.17, 15) is 14.0 Å². The van der Waals surface area contributed by atoms with Crippen molar-refractivity contribution >= 4 is 46.4 Å². The molecule has 0 heterocycles. The highest BCUT2D eigenvalue weighted by atomic mass is 35.5. The Bertz CT molecular complexity index is 753. The zero-order chi connectivity index (χ0) is 17.0. The van der Waals surface area contributed by atoms with E-state index in [1.54, 1.807) is 18.2 Å². The Morgan fingerprint density at radius 1 is 1.17 bits per heavy atom. The summed E-state index contributed by atoms with van der Waals surface area (Å²) in [6, 6.07) is 10.1. The number of carbonyl (C=O) groups excluding carboxylic acids is 2. The second kappa shape index (κ2) is 7.44. The predicted octanol–water partition coefficient (Wildman–Crippen LogP) is 4.12. The molecule has 23 heavy (non-hydrogen) atoms. The molecule has 2 rings (SSSR count). The SMILES string of the molecule is CC(=O)N(CC(=O)Nc1cccc(F)c1)c1cc(Cl)ccc1Cl. The number of rotatable bonds is 4. The van der Waals surface area contributed by atoms with Crippen molar-refractivity contribution < 1.29 is 14.0 Å². The lowest BCUT2D eigenvalue weighted by atomic mass is 10.2. The number of hydrogen-bond acceptors (Lipinski definition) is 2. The molecular formula is C16H13Cl2FN2O2. The minimum absolute atomic E-state index is 0.272. The average molecular weight is 355 g/mol. The molecular weight excluding hydrogens is 342 g/mol. The summed E-state index contributed by atoms with van der Waals surface area (Å²) in [5.74, 6) is -1.32. The molecule has 7 heteroatoms. The van der Waals surface area contributed by atoms with Crippen LogP contribution < -0.4 is 10.2 Å². The van der Waals surface area contributed by atoms with Crippen LogP contribution in [0.15, 0.2) is 42.5 Å². The summed E-state index contributed by atoms with van der Waals surface area (Å²) in [4.78, 5) is 25.1. The molecule has 0 fully saturated rings. The molecule has 0 spiro atoms. The number of halogens is 3. The van der Waals surface area contributed by atoms with Gasteiger partial charge in [-0.2, -0.15) is 0 Å². The number of benzene rings is 2. The highest BCUT2D eigenvalue weighted by Gasteiger charge is 2.19. The fourth-order valence-corrected chi connectivity index (χ4v) is 2.36. The van der Waals surface area contributed by atoms with E-state index in [2.05, 4.69) is 5.32 Å². The largest absolute Gasteiger partial charge is 0.324 e. The maximum Gasteiger partial charge on any atom is 0.244 e. The van der Waals surface area contributed by atoms with Crippen molar-refractivity contribution in [2.24, 2.45) is 0 Å². The topological polar surface area (TPSA) is 49.4 Å². The standard InChI is InChI=1S/C16H13Cl2FN2O2/c1-10(22)21(15-7-11(17)5-6-14(15)18)9-16(23)20-13-4-2-3-12(19)8-13/h2-8H,9H2,1H3,(H,20,23). The number of anilines is 2. The minimum Gasteiger partial charge on any atom is -0.324 e. The maximum atomic E-state index is 13.1. The van der Waals surface area contributed by atoms with Gasteiger partial charge in [-0.05, 0) is 36.4 Å². The summed E-state index contributed by atoms with van der Waals surface area (Å²) >= 11 is 12.0. The summed E-state index contributed by atoms with van der Waals surface area (Å²) in [6.45, 7) is 1.04. The van der Waals surface area contributed by atoms with E-state index >= 15 is 0 Å². The van der Waals surface area contributed by atoms with Crippen LogP contribution in [0.5, 0.6) is 0 Å². The monoisotopic (exact) mass is 354 g/mol. The van der Waals surface area contributed by atoms with Gasteiger partial charge < -0.3 is 10.2 Å². The second-order valence-electron chi connectivity index (χ2n) is 4.76. The van der Waals surface area contributed by atoms with Crippen LogP contribution >= 0.6 is 23.2 Å². The Morgan fingerprint density at radius 2 is 1.91 bits per heavy atom. The summed E-state index contributed by atoms with van der Waals surface area (Å²) in [5.41, 5.74) is 0.636. The van der Waals surface area contributed by atoms with Crippen molar-refractivity contribution in [3.05, 3.63) is 58.3 Å². The first-order valence-electron chi connectivity index (χ1n) is 6.65. The molecule has 2 aromatic rings. The smallest absolute Gasteiger partial charge is 0.244 e. The van der Waals surface area contributed by atoms with E-state index in [1.165, 1.54) is 36.1 Å². The molecule has 0 bridgehead atoms. The number of nitrogens with one attached hydrogen (secondary N) is 1. The van der Waals surface area contributed by atoms with Crippen LogP contribution in [0.25, 0.3) is 0 Å². The van der Waals surface area contributed by atoms with Gasteiger partial charge in [0.15, 0.2) is 0 Å². The molecule has 2 amide bonds. The normalized spacial score (nSPS) is 10.3. The third kappa shape index (κ3) is 4.68. The lowest BCUT2D eigenvalue weighted by molar-refractivity contribution is -0.120. The van der Waals surface area contributed by atoms with Gasteiger partial charge in [0, 0.05) is 17.6 Å². The van der Waals surface area contributed by atoms with Crippen molar-refractivity contribution in [1.82, 2.24) is 0 Å². The summed E-state index contributed by atoms with van der Waals surface area (Å²) in [5, 5.41) is 3.21. The van der Waals surface area contributed by atoms with E-state index in [0.717, 1.165) is 0 Å². The fraction of sp³-hybridized carbons (Fsp3) is 0.125. The van der Waals surface area contributed by atoms with Crippen molar-refractivity contribution in [3.63, 3.8) is 0 Å². The Morgan fingerprint density at radius 3 is 2.57 bits per heavy atom. The van der Waals surface area contributed by atoms with Crippen LogP contribution in [0.1, 0.15) is 6.92 Å². The van der Waals surface area contributed by atoms with Crippen molar-refractivity contribution in [2.75, 3.05) is 16.8 Å². The third-order valence-corrected chi connectivity index (χ3v) is 3.54. The van der Waals surface area contributed by atoms with E-state index in [1.807, 2.05) is 0 Å².